The van der Waals surface area contributed by atoms with Gasteiger partial charge in [0, 0.05) is 12.3 Å². The van der Waals surface area contributed by atoms with Gasteiger partial charge in [0.1, 0.15) is 0 Å². The minimum atomic E-state index is -3.69. The quantitative estimate of drug-likeness (QED) is 0.860. The molecular formula is C13H19N3O2S2. The van der Waals surface area contributed by atoms with Crippen molar-refractivity contribution in [1.29, 1.82) is 0 Å². The van der Waals surface area contributed by atoms with E-state index in [-0.39, 0.29) is 4.90 Å². The summed E-state index contributed by atoms with van der Waals surface area (Å²) in [5, 5.41) is 6.08. The molecule has 1 aromatic carbocycles. The highest BCUT2D eigenvalue weighted by molar-refractivity contribution is 7.99. The molecule has 0 aliphatic rings. The number of primary sulfonamides is 1. The summed E-state index contributed by atoms with van der Waals surface area (Å²) in [5.41, 5.74) is 1.61. The zero-order valence-electron chi connectivity index (χ0n) is 11.8. The normalized spacial score (nSPS) is 12.4. The minimum Gasteiger partial charge on any atom is -0.319 e. The van der Waals surface area contributed by atoms with E-state index in [0.29, 0.717) is 11.4 Å². The second kappa shape index (κ2) is 5.75. The molecule has 1 aromatic heterocycles. The number of hydrogen-bond donors (Lipinski definition) is 1. The summed E-state index contributed by atoms with van der Waals surface area (Å²) in [5.74, 6) is 1.55. The van der Waals surface area contributed by atoms with Crippen LogP contribution in [-0.2, 0) is 16.6 Å². The van der Waals surface area contributed by atoms with Crippen molar-refractivity contribution in [3.63, 3.8) is 0 Å². The first-order chi connectivity index (χ1) is 9.32. The number of aryl methyl sites for hydroxylation is 1. The number of imidazole rings is 1. The molecule has 0 radical (unpaired) electrons. The molecule has 0 amide bonds. The fraction of sp³-hybridized carbons (Fsp3) is 0.462. The van der Waals surface area contributed by atoms with E-state index in [1.165, 1.54) is 12.1 Å². The van der Waals surface area contributed by atoms with Gasteiger partial charge in [0.25, 0.3) is 0 Å². The molecule has 0 unspecified atom stereocenters. The standard InChI is InChI=1S/C13H19N3O2S2/c1-4-16-12-6-5-10(20(14,17)18)7-11(12)15-13(16)19-8-9(2)3/h5-7,9H,4,8H2,1-3H3,(H2,14,17,18). The van der Waals surface area contributed by atoms with E-state index in [0.717, 1.165) is 23.0 Å². The average Bonchev–Trinajstić information content (AvgIpc) is 2.71. The maximum Gasteiger partial charge on any atom is 0.238 e. The van der Waals surface area contributed by atoms with Crippen LogP contribution in [0.1, 0.15) is 20.8 Å². The molecule has 0 saturated heterocycles. The van der Waals surface area contributed by atoms with Crippen molar-refractivity contribution in [2.45, 2.75) is 37.4 Å². The summed E-state index contributed by atoms with van der Waals surface area (Å²) in [4.78, 5) is 4.64. The summed E-state index contributed by atoms with van der Waals surface area (Å²) in [6.45, 7) is 7.16. The third-order valence-electron chi connectivity index (χ3n) is 2.88. The maximum absolute atomic E-state index is 11.4. The van der Waals surface area contributed by atoms with Gasteiger partial charge in [-0.3, -0.25) is 0 Å². The molecule has 0 saturated carbocycles. The average molecular weight is 313 g/mol. The Labute approximate surface area is 123 Å². The fourth-order valence-electron chi connectivity index (χ4n) is 1.92. The second-order valence-electron chi connectivity index (χ2n) is 5.04. The second-order valence-corrected chi connectivity index (χ2v) is 7.59. The molecular weight excluding hydrogens is 294 g/mol. The van der Waals surface area contributed by atoms with Crippen LogP contribution in [-0.4, -0.2) is 23.7 Å². The summed E-state index contributed by atoms with van der Waals surface area (Å²) >= 11 is 1.69. The van der Waals surface area contributed by atoms with Gasteiger partial charge in [-0.05, 0) is 31.0 Å². The first-order valence-electron chi connectivity index (χ1n) is 6.48. The van der Waals surface area contributed by atoms with Crippen molar-refractivity contribution in [3.05, 3.63) is 18.2 Å². The predicted octanol–water partition coefficient (Wildman–Crippen LogP) is 2.45. The van der Waals surface area contributed by atoms with Gasteiger partial charge in [0.15, 0.2) is 5.16 Å². The zero-order valence-corrected chi connectivity index (χ0v) is 13.5. The van der Waals surface area contributed by atoms with Crippen molar-refractivity contribution in [2.24, 2.45) is 11.1 Å². The monoisotopic (exact) mass is 313 g/mol. The summed E-state index contributed by atoms with van der Waals surface area (Å²) in [7, 11) is -3.69. The van der Waals surface area contributed by atoms with E-state index in [1.54, 1.807) is 17.8 Å². The first-order valence-corrected chi connectivity index (χ1v) is 9.02. The zero-order chi connectivity index (χ0) is 14.9. The van der Waals surface area contributed by atoms with Crippen LogP contribution in [0.4, 0.5) is 0 Å². The molecule has 0 bridgehead atoms. The summed E-state index contributed by atoms with van der Waals surface area (Å²) < 4.78 is 24.9. The molecule has 2 rings (SSSR count). The lowest BCUT2D eigenvalue weighted by Gasteiger charge is -2.07. The van der Waals surface area contributed by atoms with Crippen LogP contribution >= 0.6 is 11.8 Å². The number of nitrogens with zero attached hydrogens (tertiary/aromatic N) is 2. The Morgan fingerprint density at radius 1 is 1.40 bits per heavy atom. The van der Waals surface area contributed by atoms with Crippen LogP contribution in [0.3, 0.4) is 0 Å². The van der Waals surface area contributed by atoms with Crippen LogP contribution in [0.15, 0.2) is 28.3 Å². The van der Waals surface area contributed by atoms with E-state index in [2.05, 4.69) is 23.4 Å². The number of nitrogens with two attached hydrogens (primary N) is 1. The fourth-order valence-corrected chi connectivity index (χ4v) is 3.48. The maximum atomic E-state index is 11.4. The van der Waals surface area contributed by atoms with Gasteiger partial charge in [0.2, 0.25) is 10.0 Å². The van der Waals surface area contributed by atoms with E-state index in [9.17, 15) is 8.42 Å². The molecule has 2 aromatic rings. The molecule has 0 aliphatic heterocycles. The minimum absolute atomic E-state index is 0.103. The van der Waals surface area contributed by atoms with E-state index >= 15 is 0 Å². The van der Waals surface area contributed by atoms with Crippen molar-refractivity contribution in [2.75, 3.05) is 5.75 Å². The van der Waals surface area contributed by atoms with Crippen molar-refractivity contribution in [1.82, 2.24) is 9.55 Å². The van der Waals surface area contributed by atoms with Gasteiger partial charge < -0.3 is 4.57 Å². The van der Waals surface area contributed by atoms with Crippen LogP contribution < -0.4 is 5.14 Å². The Morgan fingerprint density at radius 3 is 2.65 bits per heavy atom. The highest BCUT2D eigenvalue weighted by atomic mass is 32.2. The highest BCUT2D eigenvalue weighted by Crippen LogP contribution is 2.26. The Bertz CT molecular complexity index is 721. The van der Waals surface area contributed by atoms with Crippen LogP contribution in [0.25, 0.3) is 11.0 Å². The SMILES string of the molecule is CCn1c(SCC(C)C)nc2cc(S(N)(=O)=O)ccc21. The molecule has 0 atom stereocenters. The predicted molar refractivity (Wildman–Crippen MR) is 82.3 cm³/mol. The topological polar surface area (TPSA) is 78.0 Å². The number of sulfonamides is 1. The van der Waals surface area contributed by atoms with Gasteiger partial charge in [-0.1, -0.05) is 25.6 Å². The number of aromatic nitrogens is 2. The van der Waals surface area contributed by atoms with Crippen LogP contribution in [0, 0.1) is 5.92 Å². The number of hydrogen-bond acceptors (Lipinski definition) is 4. The van der Waals surface area contributed by atoms with Crippen LogP contribution in [0.2, 0.25) is 0 Å². The lowest BCUT2D eigenvalue weighted by molar-refractivity contribution is 0.598. The molecule has 0 fully saturated rings. The van der Waals surface area contributed by atoms with Gasteiger partial charge in [0.05, 0.1) is 15.9 Å². The number of benzene rings is 1. The Kier molecular flexibility index (Phi) is 4.41. The summed E-state index contributed by atoms with van der Waals surface area (Å²) in [6.07, 6.45) is 0. The van der Waals surface area contributed by atoms with Gasteiger partial charge >= 0.3 is 0 Å². The van der Waals surface area contributed by atoms with Crippen molar-refractivity contribution in [3.8, 4) is 0 Å². The number of thioether (sulfide) groups is 1. The lowest BCUT2D eigenvalue weighted by atomic mass is 10.3. The van der Waals surface area contributed by atoms with Gasteiger partial charge in [-0.25, -0.2) is 18.5 Å². The first kappa shape index (κ1) is 15.3. The van der Waals surface area contributed by atoms with E-state index in [4.69, 9.17) is 5.14 Å². The van der Waals surface area contributed by atoms with Gasteiger partial charge in [-0.15, -0.1) is 0 Å². The largest absolute Gasteiger partial charge is 0.319 e. The van der Waals surface area contributed by atoms with Crippen LogP contribution in [0.5, 0.6) is 0 Å². The molecule has 5 nitrogen and oxygen atoms in total. The van der Waals surface area contributed by atoms with Gasteiger partial charge in [-0.2, -0.15) is 0 Å². The molecule has 110 valence electrons. The van der Waals surface area contributed by atoms with Crippen molar-refractivity contribution >= 4 is 32.8 Å². The summed E-state index contributed by atoms with van der Waals surface area (Å²) in [6, 6.07) is 4.84. The Morgan fingerprint density at radius 2 is 2.10 bits per heavy atom. The third kappa shape index (κ3) is 3.16. The Hall–Kier alpha value is -1.05. The smallest absolute Gasteiger partial charge is 0.238 e. The molecule has 0 spiro atoms. The highest BCUT2D eigenvalue weighted by Gasteiger charge is 2.14. The number of fused-ring (bicyclic) bond motifs is 1. The number of rotatable bonds is 5. The molecule has 2 N–H and O–H groups in total. The van der Waals surface area contributed by atoms with E-state index in [1.807, 2.05) is 6.92 Å². The van der Waals surface area contributed by atoms with Crippen molar-refractivity contribution < 1.29 is 8.42 Å². The molecule has 1 heterocycles. The molecule has 7 heteroatoms. The lowest BCUT2D eigenvalue weighted by Crippen LogP contribution is -2.11. The molecule has 0 aliphatic carbocycles. The third-order valence-corrected chi connectivity index (χ3v) is 5.19. The Balaban J connectivity index is 2.50. The molecule has 20 heavy (non-hydrogen) atoms. The van der Waals surface area contributed by atoms with E-state index < -0.39 is 10.0 Å².